The first-order valence-electron chi connectivity index (χ1n) is 9.19. The molecule has 0 aliphatic heterocycles. The molecule has 0 saturated carbocycles. The minimum absolute atomic E-state index is 0.0349. The number of aliphatic imine (C=N–C) groups is 1. The number of carbonyl (C=O) groups excluding carboxylic acids is 1. The summed E-state index contributed by atoms with van der Waals surface area (Å²) in [7, 11) is 3.45. The largest absolute Gasteiger partial charge is 0.359 e. The Balaban J connectivity index is 2.64. The van der Waals surface area contributed by atoms with E-state index in [1.165, 1.54) is 4.90 Å². The Morgan fingerprint density at radius 2 is 2.00 bits per heavy atom. The molecule has 0 unspecified atom stereocenters. The van der Waals surface area contributed by atoms with Gasteiger partial charge in [0.2, 0.25) is 5.91 Å². The summed E-state index contributed by atoms with van der Waals surface area (Å²) in [4.78, 5) is 17.6. The number of aromatic nitrogens is 1. The van der Waals surface area contributed by atoms with Crippen LogP contribution in [0.5, 0.6) is 0 Å². The Morgan fingerprint density at radius 1 is 1.28 bits per heavy atom. The number of amides is 1. The topological polar surface area (TPSA) is 82.8 Å². The normalized spacial score (nSPS) is 11.7. The smallest absolute Gasteiger partial charge is 0.243 e. The van der Waals surface area contributed by atoms with Crippen molar-refractivity contribution in [2.24, 2.45) is 4.99 Å². The van der Waals surface area contributed by atoms with Gasteiger partial charge in [-0.1, -0.05) is 32.3 Å². The molecule has 0 radical (unpaired) electrons. The first-order valence-corrected chi connectivity index (χ1v) is 9.19. The number of guanidine groups is 1. The molecular weight excluding hydrogens is 318 g/mol. The summed E-state index contributed by atoms with van der Waals surface area (Å²) in [6, 6.07) is 2.00. The number of nitrogens with one attached hydrogen (secondary N) is 2. The fourth-order valence-electron chi connectivity index (χ4n) is 2.33. The Bertz CT molecular complexity index is 535. The van der Waals surface area contributed by atoms with Crippen LogP contribution in [0.3, 0.4) is 0 Å². The van der Waals surface area contributed by atoms with Crippen LogP contribution >= 0.6 is 0 Å². The van der Waals surface area contributed by atoms with E-state index in [0.717, 1.165) is 43.7 Å². The van der Waals surface area contributed by atoms with E-state index in [-0.39, 0.29) is 12.5 Å². The van der Waals surface area contributed by atoms with Crippen LogP contribution in [0, 0.1) is 0 Å². The van der Waals surface area contributed by atoms with Crippen molar-refractivity contribution < 1.29 is 9.32 Å². The lowest BCUT2D eigenvalue weighted by Gasteiger charge is -2.12. The van der Waals surface area contributed by atoms with E-state index in [1.807, 2.05) is 6.07 Å². The molecule has 2 N–H and O–H groups in total. The highest BCUT2D eigenvalue weighted by Gasteiger charge is 2.13. The molecule has 142 valence electrons. The van der Waals surface area contributed by atoms with Crippen LogP contribution < -0.4 is 10.6 Å². The maximum Gasteiger partial charge on any atom is 0.243 e. The van der Waals surface area contributed by atoms with Crippen LogP contribution in [-0.2, 0) is 11.3 Å². The van der Waals surface area contributed by atoms with Crippen LogP contribution in [0.4, 0.5) is 0 Å². The monoisotopic (exact) mass is 351 g/mol. The van der Waals surface area contributed by atoms with E-state index >= 15 is 0 Å². The third-order valence-electron chi connectivity index (χ3n) is 4.11. The lowest BCUT2D eigenvalue weighted by Crippen LogP contribution is -2.38. The second kappa shape index (κ2) is 11.5. The average Bonchev–Trinajstić information content (AvgIpc) is 3.06. The van der Waals surface area contributed by atoms with Gasteiger partial charge in [-0.25, -0.2) is 4.99 Å². The molecule has 0 aliphatic rings. The highest BCUT2D eigenvalue weighted by molar-refractivity contribution is 5.84. The van der Waals surface area contributed by atoms with Crippen molar-refractivity contribution >= 4 is 11.9 Å². The van der Waals surface area contributed by atoms with E-state index in [1.54, 1.807) is 14.1 Å². The van der Waals surface area contributed by atoms with Gasteiger partial charge in [-0.05, 0) is 19.3 Å². The Kier molecular flexibility index (Phi) is 9.65. The molecule has 0 saturated heterocycles. The van der Waals surface area contributed by atoms with E-state index in [0.29, 0.717) is 18.4 Å². The fraction of sp³-hybridized carbons (Fsp3) is 0.722. The number of hydrogen-bond donors (Lipinski definition) is 2. The molecule has 0 atom stereocenters. The second-order valence-electron chi connectivity index (χ2n) is 6.32. The van der Waals surface area contributed by atoms with Crippen LogP contribution in [0.1, 0.15) is 63.8 Å². The van der Waals surface area contributed by atoms with Gasteiger partial charge in [0.15, 0.2) is 11.7 Å². The van der Waals surface area contributed by atoms with Crippen molar-refractivity contribution in [2.75, 3.05) is 27.2 Å². The molecule has 7 heteroatoms. The summed E-state index contributed by atoms with van der Waals surface area (Å²) in [6.45, 7) is 7.87. The maximum atomic E-state index is 11.7. The van der Waals surface area contributed by atoms with Gasteiger partial charge in [0.1, 0.15) is 6.54 Å². The Morgan fingerprint density at radius 3 is 2.60 bits per heavy atom. The Labute approximate surface area is 151 Å². The van der Waals surface area contributed by atoms with E-state index in [2.05, 4.69) is 41.6 Å². The number of carbonyl (C=O) groups is 1. The summed E-state index contributed by atoms with van der Waals surface area (Å²) < 4.78 is 5.42. The first kappa shape index (κ1) is 21.0. The lowest BCUT2D eigenvalue weighted by molar-refractivity contribution is -0.127. The van der Waals surface area contributed by atoms with Crippen molar-refractivity contribution in [3.05, 3.63) is 17.5 Å². The van der Waals surface area contributed by atoms with Gasteiger partial charge >= 0.3 is 0 Å². The number of rotatable bonds is 10. The minimum Gasteiger partial charge on any atom is -0.359 e. The zero-order chi connectivity index (χ0) is 18.7. The van der Waals surface area contributed by atoms with Gasteiger partial charge in [-0.3, -0.25) is 4.79 Å². The predicted octanol–water partition coefficient (Wildman–Crippen LogP) is 2.50. The summed E-state index contributed by atoms with van der Waals surface area (Å²) >= 11 is 0. The van der Waals surface area contributed by atoms with Crippen molar-refractivity contribution in [1.82, 2.24) is 20.7 Å². The van der Waals surface area contributed by atoms with Crippen molar-refractivity contribution in [1.29, 1.82) is 0 Å². The molecular formula is C18H33N5O2. The number of hydrogen-bond acceptors (Lipinski definition) is 4. The van der Waals surface area contributed by atoms with E-state index in [9.17, 15) is 4.79 Å². The average molecular weight is 351 g/mol. The standard InChI is InChI=1S/C18H33N5O2/c1-6-9-10-19-18(21-13-17(24)23(4)5)20-12-15-11-16(22-25-15)14(7-2)8-3/h11,14H,6-10,12-13H2,1-5H3,(H2,19,20,21). The van der Waals surface area contributed by atoms with Crippen molar-refractivity contribution in [3.8, 4) is 0 Å². The summed E-state index contributed by atoms with van der Waals surface area (Å²) in [5, 5.41) is 10.6. The maximum absolute atomic E-state index is 11.7. The summed E-state index contributed by atoms with van der Waals surface area (Å²) in [6.07, 6.45) is 4.24. The first-order chi connectivity index (χ1) is 12.0. The van der Waals surface area contributed by atoms with Crippen LogP contribution in [0.2, 0.25) is 0 Å². The molecule has 1 heterocycles. The van der Waals surface area contributed by atoms with Gasteiger partial charge in [-0.15, -0.1) is 0 Å². The summed E-state index contributed by atoms with van der Waals surface area (Å²) in [5.74, 6) is 1.79. The zero-order valence-electron chi connectivity index (χ0n) is 16.3. The van der Waals surface area contributed by atoms with Gasteiger partial charge in [0, 0.05) is 32.6 Å². The number of likely N-dealkylation sites (N-methyl/N-ethyl adjacent to an activating group) is 1. The van der Waals surface area contributed by atoms with Crippen LogP contribution in [0.25, 0.3) is 0 Å². The lowest BCUT2D eigenvalue weighted by atomic mass is 9.99. The quantitative estimate of drug-likeness (QED) is 0.384. The van der Waals surface area contributed by atoms with Crippen LogP contribution in [-0.4, -0.2) is 49.1 Å². The number of unbranched alkanes of at least 4 members (excludes halogenated alkanes) is 1. The van der Waals surface area contributed by atoms with Crippen molar-refractivity contribution in [3.63, 3.8) is 0 Å². The molecule has 0 bridgehead atoms. The third kappa shape index (κ3) is 7.58. The second-order valence-corrected chi connectivity index (χ2v) is 6.32. The van der Waals surface area contributed by atoms with E-state index in [4.69, 9.17) is 4.52 Å². The molecule has 1 amide bonds. The molecule has 1 aromatic heterocycles. The van der Waals surface area contributed by atoms with Gasteiger partial charge in [0.25, 0.3) is 0 Å². The minimum atomic E-state index is -0.0349. The molecule has 0 fully saturated rings. The highest BCUT2D eigenvalue weighted by atomic mass is 16.5. The zero-order valence-corrected chi connectivity index (χ0v) is 16.3. The molecule has 7 nitrogen and oxygen atoms in total. The van der Waals surface area contributed by atoms with Crippen LogP contribution in [0.15, 0.2) is 15.6 Å². The molecule has 0 aromatic carbocycles. The van der Waals surface area contributed by atoms with Gasteiger partial charge in [-0.2, -0.15) is 0 Å². The number of nitrogens with zero attached hydrogens (tertiary/aromatic N) is 3. The Hall–Kier alpha value is -2.05. The molecule has 1 aromatic rings. The SMILES string of the molecule is CCCCNC(=NCC(=O)N(C)C)NCc1cc(C(CC)CC)no1. The van der Waals surface area contributed by atoms with Crippen molar-refractivity contribution in [2.45, 2.75) is 58.9 Å². The highest BCUT2D eigenvalue weighted by Crippen LogP contribution is 2.22. The van der Waals surface area contributed by atoms with Gasteiger partial charge < -0.3 is 20.1 Å². The third-order valence-corrected chi connectivity index (χ3v) is 4.11. The molecule has 25 heavy (non-hydrogen) atoms. The fourth-order valence-corrected chi connectivity index (χ4v) is 2.33. The summed E-state index contributed by atoms with van der Waals surface area (Å²) in [5.41, 5.74) is 1.00. The van der Waals surface area contributed by atoms with Gasteiger partial charge in [0.05, 0.1) is 12.2 Å². The molecule has 1 rings (SSSR count). The molecule has 0 spiro atoms. The van der Waals surface area contributed by atoms with E-state index < -0.39 is 0 Å². The molecule has 0 aliphatic carbocycles. The predicted molar refractivity (Wildman–Crippen MR) is 101 cm³/mol.